The molecule has 33 heavy (non-hydrogen) atoms. The van der Waals surface area contributed by atoms with Crippen LogP contribution in [0, 0.1) is 6.92 Å². The largest absolute Gasteiger partial charge is 0.352 e. The van der Waals surface area contributed by atoms with Crippen molar-refractivity contribution >= 4 is 27.7 Å². The summed E-state index contributed by atoms with van der Waals surface area (Å²) in [6.07, 6.45) is 0.702. The van der Waals surface area contributed by atoms with Crippen molar-refractivity contribution in [1.82, 2.24) is 10.2 Å². The molecule has 1 N–H and O–H groups in total. The first-order valence-corrected chi connectivity index (χ1v) is 12.0. The summed E-state index contributed by atoms with van der Waals surface area (Å²) in [5, 5.41) is 3.03. The molecule has 3 aromatic rings. The van der Waals surface area contributed by atoms with Gasteiger partial charge in [-0.1, -0.05) is 88.2 Å². The van der Waals surface area contributed by atoms with Gasteiger partial charge in [-0.05, 0) is 49.6 Å². The summed E-state index contributed by atoms with van der Waals surface area (Å²) in [5.41, 5.74) is 4.05. The van der Waals surface area contributed by atoms with E-state index in [4.69, 9.17) is 0 Å². The molecule has 0 bridgehead atoms. The van der Waals surface area contributed by atoms with Crippen molar-refractivity contribution in [3.63, 3.8) is 0 Å². The summed E-state index contributed by atoms with van der Waals surface area (Å²) < 4.78 is 0.974. The van der Waals surface area contributed by atoms with Gasteiger partial charge < -0.3 is 10.2 Å². The molecule has 0 saturated carbocycles. The molecule has 0 heterocycles. The number of amides is 2. The average molecular weight is 507 g/mol. The first-order chi connectivity index (χ1) is 15.8. The van der Waals surface area contributed by atoms with Crippen LogP contribution >= 0.6 is 15.9 Å². The van der Waals surface area contributed by atoms with Gasteiger partial charge in [-0.25, -0.2) is 0 Å². The third kappa shape index (κ3) is 7.57. The van der Waals surface area contributed by atoms with Crippen molar-refractivity contribution in [3.8, 4) is 0 Å². The lowest BCUT2D eigenvalue weighted by Gasteiger charge is -2.32. The lowest BCUT2D eigenvalue weighted by Crippen LogP contribution is -2.52. The summed E-state index contributed by atoms with van der Waals surface area (Å²) in [5.74, 6) is -0.202. The Bertz CT molecular complexity index is 1060. The van der Waals surface area contributed by atoms with Gasteiger partial charge in [0.15, 0.2) is 0 Å². The van der Waals surface area contributed by atoms with E-state index < -0.39 is 6.04 Å². The van der Waals surface area contributed by atoms with Crippen LogP contribution < -0.4 is 5.32 Å². The zero-order valence-corrected chi connectivity index (χ0v) is 21.0. The van der Waals surface area contributed by atoms with E-state index >= 15 is 0 Å². The molecule has 0 aliphatic carbocycles. The molecule has 4 nitrogen and oxygen atoms in total. The van der Waals surface area contributed by atoms with Crippen LogP contribution in [0.15, 0.2) is 83.3 Å². The first kappa shape index (κ1) is 24.7. The zero-order chi connectivity index (χ0) is 23.8. The molecule has 0 saturated heterocycles. The molecule has 0 aromatic heterocycles. The van der Waals surface area contributed by atoms with E-state index in [0.29, 0.717) is 13.0 Å². The summed E-state index contributed by atoms with van der Waals surface area (Å²) >= 11 is 3.47. The van der Waals surface area contributed by atoms with Crippen molar-refractivity contribution in [2.75, 3.05) is 0 Å². The molecule has 2 amide bonds. The normalized spacial score (nSPS) is 11.8. The molecule has 172 valence electrons. The van der Waals surface area contributed by atoms with Crippen LogP contribution in [0.5, 0.6) is 0 Å². The second-order valence-corrected chi connectivity index (χ2v) is 9.60. The monoisotopic (exact) mass is 506 g/mol. The molecular formula is C28H31BrN2O2. The van der Waals surface area contributed by atoms with Crippen LogP contribution in [0.4, 0.5) is 0 Å². The number of carbonyl (C=O) groups is 2. The molecule has 3 aromatic carbocycles. The van der Waals surface area contributed by atoms with Crippen LogP contribution in [0.2, 0.25) is 0 Å². The Balaban J connectivity index is 1.96. The highest BCUT2D eigenvalue weighted by Crippen LogP contribution is 2.19. The minimum absolute atomic E-state index is 0.0165. The van der Waals surface area contributed by atoms with Crippen LogP contribution in [0.1, 0.15) is 36.1 Å². The maximum Gasteiger partial charge on any atom is 0.243 e. The van der Waals surface area contributed by atoms with Crippen molar-refractivity contribution in [2.45, 2.75) is 52.2 Å². The Morgan fingerprint density at radius 1 is 0.879 bits per heavy atom. The van der Waals surface area contributed by atoms with Crippen LogP contribution in [-0.4, -0.2) is 28.8 Å². The van der Waals surface area contributed by atoms with E-state index in [1.807, 2.05) is 99.6 Å². The lowest BCUT2D eigenvalue weighted by molar-refractivity contribution is -0.141. The van der Waals surface area contributed by atoms with Gasteiger partial charge in [-0.2, -0.15) is 0 Å². The Morgan fingerprint density at radius 3 is 2.18 bits per heavy atom. The molecule has 1 atom stereocenters. The Labute approximate surface area is 205 Å². The molecule has 0 fully saturated rings. The van der Waals surface area contributed by atoms with E-state index in [0.717, 1.165) is 26.7 Å². The van der Waals surface area contributed by atoms with E-state index in [1.54, 1.807) is 4.90 Å². The quantitative estimate of drug-likeness (QED) is 0.418. The molecule has 0 radical (unpaired) electrons. The average Bonchev–Trinajstić information content (AvgIpc) is 2.77. The van der Waals surface area contributed by atoms with Gasteiger partial charge in [0, 0.05) is 23.5 Å². The highest BCUT2D eigenvalue weighted by Gasteiger charge is 2.30. The standard InChI is InChI=1S/C28H31BrN2O2/c1-20(2)30-28(33)26(17-22-9-5-4-6-10-22)31(19-23-12-14-25(29)15-13-23)27(32)18-24-11-7-8-21(3)16-24/h4-16,20,26H,17-19H2,1-3H3,(H,30,33)/t26-/m1/s1. The number of hydrogen-bond acceptors (Lipinski definition) is 2. The fraction of sp³-hybridized carbons (Fsp3) is 0.286. The number of hydrogen-bond donors (Lipinski definition) is 1. The van der Waals surface area contributed by atoms with Gasteiger partial charge >= 0.3 is 0 Å². The number of nitrogens with zero attached hydrogens (tertiary/aromatic N) is 1. The number of rotatable bonds is 9. The van der Waals surface area contributed by atoms with Crippen molar-refractivity contribution in [3.05, 3.63) is 106 Å². The van der Waals surface area contributed by atoms with Crippen molar-refractivity contribution in [2.24, 2.45) is 0 Å². The van der Waals surface area contributed by atoms with Gasteiger partial charge in [0.25, 0.3) is 0 Å². The van der Waals surface area contributed by atoms with E-state index in [9.17, 15) is 9.59 Å². The maximum absolute atomic E-state index is 13.7. The van der Waals surface area contributed by atoms with Crippen LogP contribution in [-0.2, 0) is 29.0 Å². The highest BCUT2D eigenvalue weighted by atomic mass is 79.9. The number of halogens is 1. The highest BCUT2D eigenvalue weighted by molar-refractivity contribution is 9.10. The molecule has 0 aliphatic heterocycles. The summed E-state index contributed by atoms with van der Waals surface area (Å²) in [4.78, 5) is 28.7. The van der Waals surface area contributed by atoms with Crippen LogP contribution in [0.25, 0.3) is 0 Å². The smallest absolute Gasteiger partial charge is 0.243 e. The van der Waals surface area contributed by atoms with Gasteiger partial charge in [-0.15, -0.1) is 0 Å². The molecule has 0 unspecified atom stereocenters. The third-order valence-electron chi connectivity index (χ3n) is 5.41. The molecule has 3 rings (SSSR count). The molecule has 5 heteroatoms. The number of aryl methyl sites for hydroxylation is 1. The number of nitrogens with one attached hydrogen (secondary N) is 1. The van der Waals surface area contributed by atoms with Crippen LogP contribution in [0.3, 0.4) is 0 Å². The summed E-state index contributed by atoms with van der Waals surface area (Å²) in [6.45, 7) is 6.25. The Morgan fingerprint density at radius 2 is 1.55 bits per heavy atom. The van der Waals surface area contributed by atoms with Crippen molar-refractivity contribution < 1.29 is 9.59 Å². The first-order valence-electron chi connectivity index (χ1n) is 11.3. The Kier molecular flexibility index (Phi) is 8.84. The second kappa shape index (κ2) is 11.8. The molecule has 0 aliphatic rings. The minimum Gasteiger partial charge on any atom is -0.352 e. The third-order valence-corrected chi connectivity index (χ3v) is 5.93. The van der Waals surface area contributed by atoms with Gasteiger partial charge in [0.1, 0.15) is 6.04 Å². The van der Waals surface area contributed by atoms with E-state index in [-0.39, 0.29) is 24.3 Å². The number of benzene rings is 3. The minimum atomic E-state index is -0.615. The fourth-order valence-electron chi connectivity index (χ4n) is 3.82. The molecule has 0 spiro atoms. The maximum atomic E-state index is 13.7. The zero-order valence-electron chi connectivity index (χ0n) is 19.4. The second-order valence-electron chi connectivity index (χ2n) is 8.68. The van der Waals surface area contributed by atoms with Gasteiger partial charge in [0.05, 0.1) is 6.42 Å². The van der Waals surface area contributed by atoms with Crippen molar-refractivity contribution in [1.29, 1.82) is 0 Å². The summed E-state index contributed by atoms with van der Waals surface area (Å²) in [6, 6.07) is 25.1. The van der Waals surface area contributed by atoms with E-state index in [1.165, 1.54) is 0 Å². The van der Waals surface area contributed by atoms with Gasteiger partial charge in [0.2, 0.25) is 11.8 Å². The molecular weight excluding hydrogens is 476 g/mol. The summed E-state index contributed by atoms with van der Waals surface area (Å²) in [7, 11) is 0. The topological polar surface area (TPSA) is 49.4 Å². The van der Waals surface area contributed by atoms with E-state index in [2.05, 4.69) is 21.2 Å². The Hall–Kier alpha value is -2.92. The predicted octanol–water partition coefficient (Wildman–Crippen LogP) is 5.46. The SMILES string of the molecule is Cc1cccc(CC(=O)N(Cc2ccc(Br)cc2)[C@H](Cc2ccccc2)C(=O)NC(C)C)c1. The number of carbonyl (C=O) groups excluding carboxylic acids is 2. The van der Waals surface area contributed by atoms with Gasteiger partial charge in [-0.3, -0.25) is 9.59 Å². The predicted molar refractivity (Wildman–Crippen MR) is 137 cm³/mol. The fourth-order valence-corrected chi connectivity index (χ4v) is 4.08. The lowest BCUT2D eigenvalue weighted by atomic mass is 10.0.